The fourth-order valence-corrected chi connectivity index (χ4v) is 3.99. The van der Waals surface area contributed by atoms with Gasteiger partial charge in [-0.15, -0.1) is 10.2 Å². The monoisotopic (exact) mass is 409 g/mol. The van der Waals surface area contributed by atoms with Crippen LogP contribution in [0.15, 0.2) is 67.0 Å². The van der Waals surface area contributed by atoms with Gasteiger partial charge in [-0.2, -0.15) is 5.10 Å². The minimum Gasteiger partial charge on any atom is -0.370 e. The molecule has 5 aromatic rings. The molecule has 4 aromatic heterocycles. The third-order valence-corrected chi connectivity index (χ3v) is 5.54. The Kier molecular flexibility index (Phi) is 3.92. The molecule has 0 aliphatic carbocycles. The van der Waals surface area contributed by atoms with Crippen molar-refractivity contribution in [3.05, 3.63) is 78.4 Å². The normalized spacial score (nSPS) is 15.1. The summed E-state index contributed by atoms with van der Waals surface area (Å²) < 4.78 is 3.82. The van der Waals surface area contributed by atoms with E-state index in [4.69, 9.17) is 0 Å². The highest BCUT2D eigenvalue weighted by Gasteiger charge is 2.26. The molecule has 0 radical (unpaired) electrons. The highest BCUT2D eigenvalue weighted by Crippen LogP contribution is 2.33. The first-order valence-electron chi connectivity index (χ1n) is 10.0. The molecule has 152 valence electrons. The van der Waals surface area contributed by atoms with Crippen molar-refractivity contribution in [2.75, 3.05) is 17.2 Å². The lowest BCUT2D eigenvalue weighted by molar-refractivity contribution is 0.729. The van der Waals surface area contributed by atoms with Gasteiger partial charge in [-0.25, -0.2) is 9.97 Å². The molecule has 31 heavy (non-hydrogen) atoms. The summed E-state index contributed by atoms with van der Waals surface area (Å²) >= 11 is 0. The Morgan fingerprint density at radius 3 is 2.77 bits per heavy atom. The molecule has 6 rings (SSSR count). The van der Waals surface area contributed by atoms with Crippen LogP contribution >= 0.6 is 0 Å². The van der Waals surface area contributed by atoms with Crippen molar-refractivity contribution >= 4 is 23.2 Å². The van der Waals surface area contributed by atoms with E-state index in [-0.39, 0.29) is 5.92 Å². The van der Waals surface area contributed by atoms with E-state index in [1.54, 1.807) is 17.1 Å². The smallest absolute Gasteiger partial charge is 0.228 e. The van der Waals surface area contributed by atoms with Gasteiger partial charge in [0.2, 0.25) is 5.95 Å². The van der Waals surface area contributed by atoms with E-state index in [1.165, 1.54) is 5.56 Å². The van der Waals surface area contributed by atoms with Crippen molar-refractivity contribution < 1.29 is 0 Å². The van der Waals surface area contributed by atoms with Gasteiger partial charge in [0.1, 0.15) is 17.5 Å². The SMILES string of the molecule is Cn1nccc1Nc1nccc(-c2cc3n4c(nnc4c2)[C@@H](c2ccccc2)CN3)n1. The van der Waals surface area contributed by atoms with E-state index in [1.807, 2.05) is 31.3 Å². The van der Waals surface area contributed by atoms with Crippen LogP contribution in [0, 0.1) is 0 Å². The Morgan fingerprint density at radius 1 is 1.03 bits per heavy atom. The average molecular weight is 409 g/mol. The van der Waals surface area contributed by atoms with Gasteiger partial charge in [-0.1, -0.05) is 30.3 Å². The molecule has 0 fully saturated rings. The number of benzene rings is 1. The van der Waals surface area contributed by atoms with Crippen LogP contribution < -0.4 is 10.6 Å². The Bertz CT molecular complexity index is 1390. The van der Waals surface area contributed by atoms with Gasteiger partial charge in [0, 0.05) is 31.4 Å². The van der Waals surface area contributed by atoms with Crippen molar-refractivity contribution in [3.8, 4) is 11.3 Å². The maximum atomic E-state index is 4.68. The second kappa shape index (κ2) is 6.91. The number of hydrogen-bond donors (Lipinski definition) is 2. The zero-order valence-electron chi connectivity index (χ0n) is 16.8. The lowest BCUT2D eigenvalue weighted by Crippen LogP contribution is -2.23. The van der Waals surface area contributed by atoms with Gasteiger partial charge >= 0.3 is 0 Å². The number of aromatic nitrogens is 7. The quantitative estimate of drug-likeness (QED) is 0.470. The molecule has 0 saturated carbocycles. The molecule has 0 saturated heterocycles. The van der Waals surface area contributed by atoms with E-state index in [2.05, 4.69) is 70.6 Å². The molecule has 1 aliphatic heterocycles. The van der Waals surface area contributed by atoms with Crippen LogP contribution in [0.5, 0.6) is 0 Å². The first-order valence-corrected chi connectivity index (χ1v) is 10.0. The van der Waals surface area contributed by atoms with Gasteiger partial charge in [-0.05, 0) is 23.8 Å². The van der Waals surface area contributed by atoms with Crippen LogP contribution in [0.25, 0.3) is 16.9 Å². The molecule has 5 heterocycles. The Labute approximate surface area is 177 Å². The number of nitrogens with one attached hydrogen (secondary N) is 2. The lowest BCUT2D eigenvalue weighted by atomic mass is 9.97. The number of aryl methyl sites for hydroxylation is 1. The summed E-state index contributed by atoms with van der Waals surface area (Å²) in [7, 11) is 1.86. The van der Waals surface area contributed by atoms with Gasteiger partial charge < -0.3 is 10.6 Å². The van der Waals surface area contributed by atoms with Crippen LogP contribution in [-0.2, 0) is 7.05 Å². The Hall–Kier alpha value is -4.27. The summed E-state index contributed by atoms with van der Waals surface area (Å²) in [5.41, 5.74) is 3.76. The zero-order valence-corrected chi connectivity index (χ0v) is 16.8. The summed E-state index contributed by atoms with van der Waals surface area (Å²) in [6.07, 6.45) is 3.47. The molecule has 1 aliphatic rings. The Morgan fingerprint density at radius 2 is 1.94 bits per heavy atom. The van der Waals surface area contributed by atoms with Gasteiger partial charge in [0.15, 0.2) is 5.65 Å². The summed E-state index contributed by atoms with van der Waals surface area (Å²) in [4.78, 5) is 9.01. The minimum absolute atomic E-state index is 0.156. The predicted octanol–water partition coefficient (Wildman–Crippen LogP) is 3.22. The molecule has 0 bridgehead atoms. The number of nitrogens with zero attached hydrogens (tertiary/aromatic N) is 7. The van der Waals surface area contributed by atoms with E-state index < -0.39 is 0 Å². The lowest BCUT2D eigenvalue weighted by Gasteiger charge is -2.24. The van der Waals surface area contributed by atoms with Crippen LogP contribution in [0.3, 0.4) is 0 Å². The number of anilines is 3. The van der Waals surface area contributed by atoms with E-state index in [0.29, 0.717) is 5.95 Å². The maximum Gasteiger partial charge on any atom is 0.228 e. The third kappa shape index (κ3) is 2.98. The third-order valence-electron chi connectivity index (χ3n) is 5.54. The first-order chi connectivity index (χ1) is 15.3. The minimum atomic E-state index is 0.156. The van der Waals surface area contributed by atoms with Crippen LogP contribution in [0.4, 0.5) is 17.6 Å². The number of hydrogen-bond acceptors (Lipinski definition) is 7. The molecule has 1 atom stereocenters. The largest absolute Gasteiger partial charge is 0.370 e. The molecule has 0 amide bonds. The predicted molar refractivity (Wildman–Crippen MR) is 117 cm³/mol. The van der Waals surface area contributed by atoms with E-state index >= 15 is 0 Å². The van der Waals surface area contributed by atoms with Gasteiger partial charge in [-0.3, -0.25) is 9.08 Å². The highest BCUT2D eigenvalue weighted by molar-refractivity contribution is 5.71. The van der Waals surface area contributed by atoms with Crippen molar-refractivity contribution in [2.45, 2.75) is 5.92 Å². The fraction of sp³-hybridized carbons (Fsp3) is 0.136. The van der Waals surface area contributed by atoms with Crippen LogP contribution in [0.1, 0.15) is 17.3 Å². The second-order valence-electron chi connectivity index (χ2n) is 7.46. The summed E-state index contributed by atoms with van der Waals surface area (Å²) in [6, 6.07) is 18.2. The standard InChI is InChI=1S/C22H19N9/c1-30-18(8-10-25-30)27-22-23-9-7-17(26-22)15-11-19-24-13-16(14-5-3-2-4-6-14)21-29-28-20(12-15)31(19)21/h2-12,16,24H,13H2,1H3,(H,23,26,27)/t16-/m1/s1. The van der Waals surface area contributed by atoms with Crippen molar-refractivity contribution in [1.82, 2.24) is 34.3 Å². The molecule has 0 spiro atoms. The molecule has 9 nitrogen and oxygen atoms in total. The average Bonchev–Trinajstić information content (AvgIpc) is 3.42. The first kappa shape index (κ1) is 17.6. The number of rotatable bonds is 4. The van der Waals surface area contributed by atoms with Crippen molar-refractivity contribution in [1.29, 1.82) is 0 Å². The maximum absolute atomic E-state index is 4.68. The van der Waals surface area contributed by atoms with Gasteiger partial charge in [0.05, 0.1) is 17.8 Å². The Balaban J connectivity index is 1.39. The zero-order chi connectivity index (χ0) is 20.8. The topological polar surface area (TPSA) is 97.9 Å². The summed E-state index contributed by atoms with van der Waals surface area (Å²) in [5, 5.41) is 19.9. The van der Waals surface area contributed by atoms with E-state index in [9.17, 15) is 0 Å². The molecule has 1 aromatic carbocycles. The van der Waals surface area contributed by atoms with Crippen LogP contribution in [-0.4, -0.2) is 40.9 Å². The molecule has 9 heteroatoms. The molecular weight excluding hydrogens is 390 g/mol. The van der Waals surface area contributed by atoms with Crippen molar-refractivity contribution in [2.24, 2.45) is 7.05 Å². The molecule has 2 N–H and O–H groups in total. The van der Waals surface area contributed by atoms with Gasteiger partial charge in [0.25, 0.3) is 0 Å². The summed E-state index contributed by atoms with van der Waals surface area (Å²) in [6.45, 7) is 0.762. The van der Waals surface area contributed by atoms with Crippen molar-refractivity contribution in [3.63, 3.8) is 0 Å². The highest BCUT2D eigenvalue weighted by atomic mass is 15.3. The van der Waals surface area contributed by atoms with E-state index in [0.717, 1.165) is 40.9 Å². The number of pyridine rings is 1. The van der Waals surface area contributed by atoms with Crippen LogP contribution in [0.2, 0.25) is 0 Å². The fourth-order valence-electron chi connectivity index (χ4n) is 3.99. The molecule has 0 unspecified atom stereocenters. The second-order valence-corrected chi connectivity index (χ2v) is 7.46. The molecular formula is C22H19N9. The summed E-state index contributed by atoms with van der Waals surface area (Å²) in [5.74, 6) is 3.39.